The second-order valence-electron chi connectivity index (χ2n) is 2.67. The van der Waals surface area contributed by atoms with Crippen molar-refractivity contribution in [2.24, 2.45) is 5.92 Å². The lowest BCUT2D eigenvalue weighted by Crippen LogP contribution is -2.10. The second-order valence-corrected chi connectivity index (χ2v) is 4.10. The first-order valence-corrected chi connectivity index (χ1v) is 4.19. The zero-order valence-corrected chi connectivity index (χ0v) is 7.71. The summed E-state index contributed by atoms with van der Waals surface area (Å²) in [6, 6.07) is 0. The Morgan fingerprint density at radius 1 is 1.11 bits per heavy atom. The molecule has 0 saturated carbocycles. The van der Waals surface area contributed by atoms with Crippen LogP contribution in [0.15, 0.2) is 0 Å². The van der Waals surface area contributed by atoms with Gasteiger partial charge in [0, 0.05) is 10.8 Å². The van der Waals surface area contributed by atoms with Crippen LogP contribution in [0.4, 0.5) is 0 Å². The Morgan fingerprint density at radius 2 is 1.56 bits per heavy atom. The molecule has 3 unspecified atom stereocenters. The molecule has 0 rings (SSSR count). The summed E-state index contributed by atoms with van der Waals surface area (Å²) in [4.78, 5) is 0. The van der Waals surface area contributed by atoms with Gasteiger partial charge in [0.1, 0.15) is 0 Å². The van der Waals surface area contributed by atoms with Crippen LogP contribution in [-0.2, 0) is 0 Å². The standard InChI is InChI=1S/C7H14Cl2/c1-5(7(3)9)4-6(2)8/h5-7H,4H2,1-3H3. The minimum Gasteiger partial charge on any atom is -0.123 e. The van der Waals surface area contributed by atoms with E-state index in [1.165, 1.54) is 0 Å². The van der Waals surface area contributed by atoms with Crippen molar-refractivity contribution in [2.75, 3.05) is 0 Å². The highest BCUT2D eigenvalue weighted by Crippen LogP contribution is 2.17. The van der Waals surface area contributed by atoms with Crippen LogP contribution < -0.4 is 0 Å². The van der Waals surface area contributed by atoms with E-state index in [2.05, 4.69) is 6.92 Å². The Hall–Kier alpha value is 0.580. The smallest absolute Gasteiger partial charge is 0.0333 e. The van der Waals surface area contributed by atoms with Crippen molar-refractivity contribution >= 4 is 23.2 Å². The SMILES string of the molecule is CC(Cl)CC(C)C(C)Cl. The van der Waals surface area contributed by atoms with Crippen molar-refractivity contribution < 1.29 is 0 Å². The predicted molar refractivity (Wildman–Crippen MR) is 44.4 cm³/mol. The molecule has 0 N–H and O–H groups in total. The third-order valence-electron chi connectivity index (χ3n) is 1.48. The summed E-state index contributed by atoms with van der Waals surface area (Å²) in [6.07, 6.45) is 1.01. The second kappa shape index (κ2) is 4.40. The van der Waals surface area contributed by atoms with Gasteiger partial charge in [0.05, 0.1) is 0 Å². The van der Waals surface area contributed by atoms with Crippen LogP contribution in [0, 0.1) is 5.92 Å². The Kier molecular flexibility index (Phi) is 4.69. The molecule has 0 aliphatic heterocycles. The lowest BCUT2D eigenvalue weighted by molar-refractivity contribution is 0.519. The fraction of sp³-hybridized carbons (Fsp3) is 1.00. The Labute approximate surface area is 67.5 Å². The zero-order chi connectivity index (χ0) is 7.44. The molecule has 0 fully saturated rings. The molecule has 0 bridgehead atoms. The van der Waals surface area contributed by atoms with E-state index in [0.29, 0.717) is 5.92 Å². The summed E-state index contributed by atoms with van der Waals surface area (Å²) in [5, 5.41) is 0.493. The highest BCUT2D eigenvalue weighted by Gasteiger charge is 2.10. The number of rotatable bonds is 3. The third-order valence-corrected chi connectivity index (χ3v) is 2.09. The molecule has 2 heteroatoms. The van der Waals surface area contributed by atoms with Crippen LogP contribution in [0.5, 0.6) is 0 Å². The third kappa shape index (κ3) is 5.05. The van der Waals surface area contributed by atoms with E-state index in [-0.39, 0.29) is 10.8 Å². The van der Waals surface area contributed by atoms with E-state index in [4.69, 9.17) is 23.2 Å². The number of halogens is 2. The van der Waals surface area contributed by atoms with Gasteiger partial charge in [0.25, 0.3) is 0 Å². The molecule has 3 atom stereocenters. The van der Waals surface area contributed by atoms with E-state index >= 15 is 0 Å². The summed E-state index contributed by atoms with van der Waals surface area (Å²) in [5.41, 5.74) is 0. The van der Waals surface area contributed by atoms with Crippen molar-refractivity contribution in [3.05, 3.63) is 0 Å². The number of hydrogen-bond acceptors (Lipinski definition) is 0. The van der Waals surface area contributed by atoms with Crippen LogP contribution in [0.2, 0.25) is 0 Å². The molecule has 0 amide bonds. The van der Waals surface area contributed by atoms with Gasteiger partial charge in [-0.25, -0.2) is 0 Å². The molecule has 0 aromatic carbocycles. The van der Waals surface area contributed by atoms with Gasteiger partial charge in [-0.2, -0.15) is 0 Å². The maximum Gasteiger partial charge on any atom is 0.0333 e. The highest BCUT2D eigenvalue weighted by molar-refractivity contribution is 6.21. The molecule has 0 saturated heterocycles. The van der Waals surface area contributed by atoms with Crippen molar-refractivity contribution in [1.82, 2.24) is 0 Å². The number of alkyl halides is 2. The van der Waals surface area contributed by atoms with Gasteiger partial charge in [-0.1, -0.05) is 6.92 Å². The van der Waals surface area contributed by atoms with Crippen molar-refractivity contribution in [2.45, 2.75) is 37.9 Å². The van der Waals surface area contributed by atoms with E-state index in [9.17, 15) is 0 Å². The molecule has 0 aliphatic carbocycles. The van der Waals surface area contributed by atoms with E-state index in [0.717, 1.165) is 6.42 Å². The maximum atomic E-state index is 5.81. The van der Waals surface area contributed by atoms with Crippen molar-refractivity contribution in [3.63, 3.8) is 0 Å². The van der Waals surface area contributed by atoms with Gasteiger partial charge < -0.3 is 0 Å². The van der Waals surface area contributed by atoms with Gasteiger partial charge in [-0.15, -0.1) is 23.2 Å². The molecule has 0 aromatic heterocycles. The molecule has 0 spiro atoms. The van der Waals surface area contributed by atoms with Crippen LogP contribution in [-0.4, -0.2) is 10.8 Å². The van der Waals surface area contributed by atoms with E-state index in [1.54, 1.807) is 0 Å². The maximum absolute atomic E-state index is 5.81. The zero-order valence-electron chi connectivity index (χ0n) is 6.20. The summed E-state index contributed by atoms with van der Waals surface area (Å²) in [7, 11) is 0. The van der Waals surface area contributed by atoms with Crippen molar-refractivity contribution in [3.8, 4) is 0 Å². The molecule has 0 nitrogen and oxygen atoms in total. The van der Waals surface area contributed by atoms with Crippen LogP contribution in [0.3, 0.4) is 0 Å². The molecular weight excluding hydrogens is 155 g/mol. The fourth-order valence-electron chi connectivity index (χ4n) is 0.700. The molecule has 9 heavy (non-hydrogen) atoms. The molecule has 0 radical (unpaired) electrons. The van der Waals surface area contributed by atoms with Gasteiger partial charge in [-0.05, 0) is 26.2 Å². The van der Waals surface area contributed by atoms with Crippen LogP contribution in [0.25, 0.3) is 0 Å². The quantitative estimate of drug-likeness (QED) is 0.568. The normalized spacial score (nSPS) is 21.0. The lowest BCUT2D eigenvalue weighted by Gasteiger charge is -2.14. The Morgan fingerprint density at radius 3 is 1.67 bits per heavy atom. The molecular formula is C7H14Cl2. The Bertz CT molecular complexity index is 69.3. The van der Waals surface area contributed by atoms with E-state index < -0.39 is 0 Å². The van der Waals surface area contributed by atoms with Crippen LogP contribution >= 0.6 is 23.2 Å². The Balaban J connectivity index is 3.38. The molecule has 0 heterocycles. The minimum absolute atomic E-state index is 0.242. The van der Waals surface area contributed by atoms with Gasteiger partial charge in [0.2, 0.25) is 0 Å². The van der Waals surface area contributed by atoms with Gasteiger partial charge in [0.15, 0.2) is 0 Å². The van der Waals surface area contributed by atoms with E-state index in [1.807, 2.05) is 13.8 Å². The summed E-state index contributed by atoms with van der Waals surface area (Å²) in [5.74, 6) is 0.527. The van der Waals surface area contributed by atoms with Gasteiger partial charge >= 0.3 is 0 Å². The molecule has 0 aliphatic rings. The first kappa shape index (κ1) is 9.58. The summed E-state index contributed by atoms with van der Waals surface area (Å²) < 4.78 is 0. The van der Waals surface area contributed by atoms with Gasteiger partial charge in [-0.3, -0.25) is 0 Å². The first-order valence-electron chi connectivity index (χ1n) is 3.32. The lowest BCUT2D eigenvalue weighted by atomic mass is 10.0. The number of hydrogen-bond donors (Lipinski definition) is 0. The fourth-order valence-corrected chi connectivity index (χ4v) is 1.08. The van der Waals surface area contributed by atoms with Crippen LogP contribution in [0.1, 0.15) is 27.2 Å². The molecule has 0 aromatic rings. The average molecular weight is 169 g/mol. The summed E-state index contributed by atoms with van der Waals surface area (Å²) in [6.45, 7) is 6.12. The van der Waals surface area contributed by atoms with Crippen molar-refractivity contribution in [1.29, 1.82) is 0 Å². The monoisotopic (exact) mass is 168 g/mol. The minimum atomic E-state index is 0.242. The summed E-state index contributed by atoms with van der Waals surface area (Å²) >= 11 is 11.6. The first-order chi connectivity index (χ1) is 4.04. The average Bonchev–Trinajstić information content (AvgIpc) is 1.63. The predicted octanol–water partition coefficient (Wildman–Crippen LogP) is 3.27. The topological polar surface area (TPSA) is 0 Å². The molecule has 56 valence electrons. The highest BCUT2D eigenvalue weighted by atomic mass is 35.5. The largest absolute Gasteiger partial charge is 0.123 e.